The highest BCUT2D eigenvalue weighted by Crippen LogP contribution is 2.19. The van der Waals surface area contributed by atoms with E-state index < -0.39 is 0 Å². The molecule has 2 N–H and O–H groups in total. The number of amides is 1. The van der Waals surface area contributed by atoms with Crippen molar-refractivity contribution < 1.29 is 4.79 Å². The number of hydrogen-bond donors (Lipinski definition) is 1. The van der Waals surface area contributed by atoms with Gasteiger partial charge in [0, 0.05) is 26.1 Å². The summed E-state index contributed by atoms with van der Waals surface area (Å²) in [5.41, 5.74) is 6.22. The van der Waals surface area contributed by atoms with Crippen LogP contribution < -0.4 is 5.73 Å². The van der Waals surface area contributed by atoms with Gasteiger partial charge in [-0.25, -0.2) is 0 Å². The minimum atomic E-state index is 0.148. The van der Waals surface area contributed by atoms with Gasteiger partial charge in [-0.05, 0) is 24.7 Å². The van der Waals surface area contributed by atoms with Crippen molar-refractivity contribution in [2.45, 2.75) is 66.3 Å². The van der Waals surface area contributed by atoms with Crippen LogP contribution in [0.15, 0.2) is 0 Å². The van der Waals surface area contributed by atoms with Gasteiger partial charge in [-0.15, -0.1) is 0 Å². The molecule has 1 saturated heterocycles. The van der Waals surface area contributed by atoms with Gasteiger partial charge in [0.1, 0.15) is 0 Å². The molecule has 1 fully saturated rings. The fourth-order valence-corrected chi connectivity index (χ4v) is 2.05. The molecule has 1 rings (SSSR count). The van der Waals surface area contributed by atoms with E-state index in [0.29, 0.717) is 5.41 Å². The van der Waals surface area contributed by atoms with E-state index in [2.05, 4.69) is 27.7 Å². The number of carbonyl (C=O) groups is 1. The third-order valence-corrected chi connectivity index (χ3v) is 2.90. The Kier molecular flexibility index (Phi) is 7.44. The molecule has 3 nitrogen and oxygen atoms in total. The van der Waals surface area contributed by atoms with Crippen molar-refractivity contribution in [3.8, 4) is 0 Å². The summed E-state index contributed by atoms with van der Waals surface area (Å²) < 4.78 is 0. The third-order valence-electron chi connectivity index (χ3n) is 2.90. The molecular weight excluding hydrogens is 212 g/mol. The predicted molar refractivity (Wildman–Crippen MR) is 73.8 cm³/mol. The SMILES string of the molecule is CC(=O)N1CCCC(N)C1.CCCC(C)(C)C. The average Bonchev–Trinajstić information content (AvgIpc) is 2.16. The Labute approximate surface area is 107 Å². The summed E-state index contributed by atoms with van der Waals surface area (Å²) in [6.07, 6.45) is 4.76. The van der Waals surface area contributed by atoms with E-state index in [0.717, 1.165) is 25.9 Å². The zero-order valence-corrected chi connectivity index (χ0v) is 12.3. The van der Waals surface area contributed by atoms with Gasteiger partial charge >= 0.3 is 0 Å². The lowest BCUT2D eigenvalue weighted by Crippen LogP contribution is -2.44. The first-order valence-corrected chi connectivity index (χ1v) is 6.77. The van der Waals surface area contributed by atoms with Crippen LogP contribution >= 0.6 is 0 Å². The summed E-state index contributed by atoms with van der Waals surface area (Å²) >= 11 is 0. The normalized spacial score (nSPS) is 20.6. The molecule has 1 aliphatic heterocycles. The molecule has 1 unspecified atom stereocenters. The van der Waals surface area contributed by atoms with E-state index in [1.165, 1.54) is 12.8 Å². The van der Waals surface area contributed by atoms with Crippen molar-refractivity contribution >= 4 is 5.91 Å². The third kappa shape index (κ3) is 9.16. The van der Waals surface area contributed by atoms with Crippen LogP contribution in [0, 0.1) is 5.41 Å². The Morgan fingerprint density at radius 3 is 2.24 bits per heavy atom. The summed E-state index contributed by atoms with van der Waals surface area (Å²) in [6, 6.07) is 0.206. The van der Waals surface area contributed by atoms with Gasteiger partial charge in [0.05, 0.1) is 0 Å². The van der Waals surface area contributed by atoms with Crippen LogP contribution in [-0.4, -0.2) is 29.9 Å². The van der Waals surface area contributed by atoms with Crippen LogP contribution in [0.2, 0.25) is 0 Å². The van der Waals surface area contributed by atoms with Gasteiger partial charge in [-0.2, -0.15) is 0 Å². The van der Waals surface area contributed by atoms with Crippen LogP contribution in [0.5, 0.6) is 0 Å². The molecule has 0 aliphatic carbocycles. The molecule has 1 atom stereocenters. The summed E-state index contributed by atoms with van der Waals surface area (Å²) in [5.74, 6) is 0.148. The zero-order chi connectivity index (χ0) is 13.5. The highest BCUT2D eigenvalue weighted by molar-refractivity contribution is 5.73. The van der Waals surface area contributed by atoms with Crippen molar-refractivity contribution in [2.75, 3.05) is 13.1 Å². The second-order valence-corrected chi connectivity index (χ2v) is 6.18. The van der Waals surface area contributed by atoms with E-state index in [1.807, 2.05) is 4.90 Å². The molecule has 0 aromatic heterocycles. The summed E-state index contributed by atoms with van der Waals surface area (Å²) in [4.78, 5) is 12.6. The van der Waals surface area contributed by atoms with Crippen LogP contribution in [0.1, 0.15) is 60.3 Å². The van der Waals surface area contributed by atoms with Crippen LogP contribution in [0.4, 0.5) is 0 Å². The molecule has 0 spiro atoms. The van der Waals surface area contributed by atoms with Gasteiger partial charge in [0.15, 0.2) is 0 Å². The maximum atomic E-state index is 10.8. The predicted octanol–water partition coefficient (Wildman–Crippen LogP) is 2.79. The van der Waals surface area contributed by atoms with E-state index >= 15 is 0 Å². The monoisotopic (exact) mass is 242 g/mol. The number of nitrogens with zero attached hydrogens (tertiary/aromatic N) is 1. The maximum Gasteiger partial charge on any atom is 0.219 e. The standard InChI is InChI=1S/C7H14N2O.C7H16/c1-6(10)9-4-2-3-7(8)5-9;1-5-6-7(2,3)4/h7H,2-5,8H2,1H3;5-6H2,1-4H3. The van der Waals surface area contributed by atoms with E-state index in [1.54, 1.807) is 6.92 Å². The molecule has 0 radical (unpaired) electrons. The number of carbonyl (C=O) groups excluding carboxylic acids is 1. The van der Waals surface area contributed by atoms with Crippen LogP contribution in [-0.2, 0) is 4.79 Å². The smallest absolute Gasteiger partial charge is 0.219 e. The van der Waals surface area contributed by atoms with Gasteiger partial charge in [-0.1, -0.05) is 34.1 Å². The molecule has 0 aromatic carbocycles. The van der Waals surface area contributed by atoms with Crippen molar-refractivity contribution in [2.24, 2.45) is 11.1 Å². The molecule has 1 amide bonds. The second kappa shape index (κ2) is 7.70. The number of rotatable bonds is 1. The molecule has 102 valence electrons. The Bertz CT molecular complexity index is 221. The largest absolute Gasteiger partial charge is 0.341 e. The number of likely N-dealkylation sites (tertiary alicyclic amines) is 1. The first-order valence-electron chi connectivity index (χ1n) is 6.77. The zero-order valence-electron chi connectivity index (χ0n) is 12.3. The topological polar surface area (TPSA) is 46.3 Å². The lowest BCUT2D eigenvalue weighted by molar-refractivity contribution is -0.129. The van der Waals surface area contributed by atoms with Crippen LogP contribution in [0.25, 0.3) is 0 Å². The van der Waals surface area contributed by atoms with Crippen molar-refractivity contribution in [1.82, 2.24) is 4.90 Å². The van der Waals surface area contributed by atoms with E-state index in [-0.39, 0.29) is 11.9 Å². The van der Waals surface area contributed by atoms with Crippen LogP contribution in [0.3, 0.4) is 0 Å². The second-order valence-electron chi connectivity index (χ2n) is 6.18. The van der Waals surface area contributed by atoms with E-state index in [4.69, 9.17) is 5.73 Å². The van der Waals surface area contributed by atoms with Gasteiger partial charge < -0.3 is 10.6 Å². The molecule has 17 heavy (non-hydrogen) atoms. The van der Waals surface area contributed by atoms with Crippen molar-refractivity contribution in [3.63, 3.8) is 0 Å². The number of piperidine rings is 1. The van der Waals surface area contributed by atoms with Gasteiger partial charge in [0.25, 0.3) is 0 Å². The van der Waals surface area contributed by atoms with Gasteiger partial charge in [0.2, 0.25) is 5.91 Å². The Morgan fingerprint density at radius 2 is 2.00 bits per heavy atom. The molecular formula is C14H30N2O. The summed E-state index contributed by atoms with van der Waals surface area (Å²) in [5, 5.41) is 0. The molecule has 1 heterocycles. The Morgan fingerprint density at radius 1 is 1.41 bits per heavy atom. The lowest BCUT2D eigenvalue weighted by Gasteiger charge is -2.29. The highest BCUT2D eigenvalue weighted by atomic mass is 16.2. The first kappa shape index (κ1) is 16.4. The summed E-state index contributed by atoms with van der Waals surface area (Å²) in [7, 11) is 0. The molecule has 0 saturated carbocycles. The fraction of sp³-hybridized carbons (Fsp3) is 0.929. The van der Waals surface area contributed by atoms with Crippen molar-refractivity contribution in [1.29, 1.82) is 0 Å². The molecule has 0 aromatic rings. The minimum absolute atomic E-state index is 0.148. The maximum absolute atomic E-state index is 10.8. The highest BCUT2D eigenvalue weighted by Gasteiger charge is 2.17. The minimum Gasteiger partial charge on any atom is -0.341 e. The number of nitrogens with two attached hydrogens (primary N) is 1. The fourth-order valence-electron chi connectivity index (χ4n) is 2.05. The van der Waals surface area contributed by atoms with E-state index in [9.17, 15) is 4.79 Å². The van der Waals surface area contributed by atoms with Crippen molar-refractivity contribution in [3.05, 3.63) is 0 Å². The Hall–Kier alpha value is -0.570. The lowest BCUT2D eigenvalue weighted by atomic mass is 9.91. The molecule has 3 heteroatoms. The average molecular weight is 242 g/mol. The first-order chi connectivity index (χ1) is 7.76. The summed E-state index contributed by atoms with van der Waals surface area (Å²) in [6.45, 7) is 12.3. The molecule has 0 bridgehead atoms. The quantitative estimate of drug-likeness (QED) is 0.768. The van der Waals surface area contributed by atoms with Gasteiger partial charge in [-0.3, -0.25) is 4.79 Å². The number of hydrogen-bond acceptors (Lipinski definition) is 2. The Balaban J connectivity index is 0.000000325. The molecule has 1 aliphatic rings.